The van der Waals surface area contributed by atoms with Crippen LogP contribution in [0.4, 0.5) is 0 Å². The van der Waals surface area contributed by atoms with Gasteiger partial charge in [-0.15, -0.1) is 0 Å². The van der Waals surface area contributed by atoms with E-state index < -0.39 is 6.10 Å². The van der Waals surface area contributed by atoms with Crippen LogP contribution >= 0.6 is 0 Å². The van der Waals surface area contributed by atoms with Gasteiger partial charge in [-0.25, -0.2) is 0 Å². The van der Waals surface area contributed by atoms with Gasteiger partial charge in [0.25, 0.3) is 0 Å². The van der Waals surface area contributed by atoms with Crippen molar-refractivity contribution in [2.75, 3.05) is 13.2 Å². The van der Waals surface area contributed by atoms with Crippen LogP contribution in [0, 0.1) is 0 Å². The first-order chi connectivity index (χ1) is 40.5. The summed E-state index contributed by atoms with van der Waals surface area (Å²) in [5.74, 6) is -0.932. The van der Waals surface area contributed by atoms with Gasteiger partial charge in [-0.05, 0) is 109 Å². The average molecular weight is 1140 g/mol. The van der Waals surface area contributed by atoms with E-state index in [0.29, 0.717) is 19.3 Å². The number of unbranched alkanes of at least 4 members (excludes halogenated alkanes) is 34. The summed E-state index contributed by atoms with van der Waals surface area (Å²) < 4.78 is 16.9. The van der Waals surface area contributed by atoms with Gasteiger partial charge >= 0.3 is 17.9 Å². The fourth-order valence-corrected chi connectivity index (χ4v) is 9.81. The summed E-state index contributed by atoms with van der Waals surface area (Å²) in [6, 6.07) is 0. The first-order valence-electron chi connectivity index (χ1n) is 34.9. The molecule has 0 aliphatic carbocycles. The lowest BCUT2D eigenvalue weighted by molar-refractivity contribution is -0.167. The molecule has 0 aliphatic rings. The Kier molecular flexibility index (Phi) is 66.2. The van der Waals surface area contributed by atoms with Crippen LogP contribution in [0.15, 0.2) is 109 Å². The zero-order valence-corrected chi connectivity index (χ0v) is 54.0. The summed E-state index contributed by atoms with van der Waals surface area (Å²) in [6.45, 7) is 6.49. The van der Waals surface area contributed by atoms with Crippen molar-refractivity contribution >= 4 is 17.9 Å². The Labute approximate surface area is 508 Å². The normalized spacial score (nSPS) is 12.8. The third kappa shape index (κ3) is 66.9. The van der Waals surface area contributed by atoms with Crippen molar-refractivity contribution < 1.29 is 28.6 Å². The van der Waals surface area contributed by atoms with Gasteiger partial charge in [-0.3, -0.25) is 14.4 Å². The number of allylic oxidation sites excluding steroid dienone is 18. The molecule has 0 aromatic heterocycles. The number of rotatable bonds is 63. The molecule has 0 spiro atoms. The highest BCUT2D eigenvalue weighted by molar-refractivity contribution is 5.71. The van der Waals surface area contributed by atoms with Gasteiger partial charge < -0.3 is 14.2 Å². The standard InChI is InChI=1S/C76H130O6/c1-4-7-10-13-16-19-21-23-25-27-29-31-33-35-37-38-40-41-43-45-47-49-51-53-55-57-60-63-66-69-75(78)81-72-73(71-80-74(77)68-65-62-59-18-15-12-9-6-3)82-76(79)70-67-64-61-58-56-54-52-50-48-46-44-42-39-36-34-32-30-28-26-24-22-20-17-14-11-8-5-2/h8,11,17,20,24,26-27,29-30,32,36,39,44,46,50,52,56,58,73H,4-7,9-10,12-16,18-19,21-23,25,28,31,33-35,37-38,40-43,45,47-49,51,53-55,57,59-72H2,1-3H3/b11-8-,20-17-,26-24-,29-27-,32-30-,39-36-,46-44-,52-50-,58-56-. The maximum atomic E-state index is 12.9. The van der Waals surface area contributed by atoms with Gasteiger partial charge in [-0.1, -0.05) is 316 Å². The molecule has 0 heterocycles. The summed E-state index contributed by atoms with van der Waals surface area (Å²) in [5.41, 5.74) is 0. The fourth-order valence-electron chi connectivity index (χ4n) is 9.81. The molecule has 0 fully saturated rings. The second kappa shape index (κ2) is 69.6. The summed E-state index contributed by atoms with van der Waals surface area (Å²) in [6.07, 6.45) is 95.7. The smallest absolute Gasteiger partial charge is 0.306 e. The molecule has 6 nitrogen and oxygen atoms in total. The molecule has 6 heteroatoms. The number of carbonyl (C=O) groups is 3. The highest BCUT2D eigenvalue weighted by Crippen LogP contribution is 2.17. The van der Waals surface area contributed by atoms with Crippen molar-refractivity contribution in [1.82, 2.24) is 0 Å². The lowest BCUT2D eigenvalue weighted by Gasteiger charge is -2.18. The molecule has 0 rings (SSSR count). The molecule has 0 aromatic rings. The lowest BCUT2D eigenvalue weighted by Crippen LogP contribution is -2.30. The zero-order chi connectivity index (χ0) is 59.2. The maximum absolute atomic E-state index is 12.9. The Morgan fingerprint density at radius 1 is 0.256 bits per heavy atom. The Hall–Kier alpha value is -3.93. The summed E-state index contributed by atoms with van der Waals surface area (Å²) in [5, 5.41) is 0. The van der Waals surface area contributed by atoms with Crippen molar-refractivity contribution in [1.29, 1.82) is 0 Å². The highest BCUT2D eigenvalue weighted by atomic mass is 16.6. The molecular formula is C76H130O6. The van der Waals surface area contributed by atoms with Crippen LogP contribution in [0.2, 0.25) is 0 Å². The zero-order valence-electron chi connectivity index (χ0n) is 54.0. The number of hydrogen-bond acceptors (Lipinski definition) is 6. The van der Waals surface area contributed by atoms with Crippen LogP contribution in [0.5, 0.6) is 0 Å². The van der Waals surface area contributed by atoms with Crippen molar-refractivity contribution in [2.45, 2.75) is 341 Å². The van der Waals surface area contributed by atoms with E-state index in [4.69, 9.17) is 14.2 Å². The molecule has 470 valence electrons. The maximum Gasteiger partial charge on any atom is 0.306 e. The van der Waals surface area contributed by atoms with Gasteiger partial charge in [0.2, 0.25) is 0 Å². The van der Waals surface area contributed by atoms with E-state index in [2.05, 4.69) is 130 Å². The van der Waals surface area contributed by atoms with Crippen molar-refractivity contribution in [3.63, 3.8) is 0 Å². The van der Waals surface area contributed by atoms with E-state index in [-0.39, 0.29) is 37.5 Å². The summed E-state index contributed by atoms with van der Waals surface area (Å²) in [4.78, 5) is 38.2. The van der Waals surface area contributed by atoms with E-state index in [1.165, 1.54) is 186 Å². The lowest BCUT2D eigenvalue weighted by atomic mass is 10.0. The van der Waals surface area contributed by atoms with E-state index in [9.17, 15) is 14.4 Å². The van der Waals surface area contributed by atoms with Crippen molar-refractivity contribution in [2.24, 2.45) is 0 Å². The quantitative estimate of drug-likeness (QED) is 0.0261. The van der Waals surface area contributed by atoms with Gasteiger partial charge in [0.15, 0.2) is 6.10 Å². The third-order valence-corrected chi connectivity index (χ3v) is 15.0. The Morgan fingerprint density at radius 2 is 0.476 bits per heavy atom. The molecular weight excluding hydrogens is 1010 g/mol. The second-order valence-electron chi connectivity index (χ2n) is 23.1. The molecule has 0 N–H and O–H groups in total. The minimum atomic E-state index is -0.801. The minimum Gasteiger partial charge on any atom is -0.462 e. The number of hydrogen-bond donors (Lipinski definition) is 0. The van der Waals surface area contributed by atoms with Gasteiger partial charge in [0.05, 0.1) is 0 Å². The van der Waals surface area contributed by atoms with Crippen LogP contribution in [-0.4, -0.2) is 37.2 Å². The SMILES string of the molecule is CC/C=C\C/C=C\C/C=C\C/C=C\C/C=C\C/C=C\C/C=C\C/C=C\CCCCC(=O)OC(COC(=O)CCCCCCCCCC)COC(=O)CCCCCCCCCCCCCCCCCCC/C=C\CCCCCCCCCC. The summed E-state index contributed by atoms with van der Waals surface area (Å²) >= 11 is 0. The Bertz CT molecular complexity index is 1640. The van der Waals surface area contributed by atoms with E-state index >= 15 is 0 Å². The molecule has 0 bridgehead atoms. The highest BCUT2D eigenvalue weighted by Gasteiger charge is 2.19. The van der Waals surface area contributed by atoms with Crippen LogP contribution in [0.1, 0.15) is 335 Å². The van der Waals surface area contributed by atoms with Crippen LogP contribution < -0.4 is 0 Å². The molecule has 0 saturated carbocycles. The molecule has 1 unspecified atom stereocenters. The molecule has 0 saturated heterocycles. The molecule has 0 amide bonds. The van der Waals surface area contributed by atoms with Crippen LogP contribution in [0.3, 0.4) is 0 Å². The van der Waals surface area contributed by atoms with E-state index in [1.54, 1.807) is 0 Å². The average Bonchev–Trinajstić information content (AvgIpc) is 3.48. The Morgan fingerprint density at radius 3 is 0.780 bits per heavy atom. The van der Waals surface area contributed by atoms with Crippen molar-refractivity contribution in [3.05, 3.63) is 109 Å². The first kappa shape index (κ1) is 78.1. The Balaban J connectivity index is 4.20. The largest absolute Gasteiger partial charge is 0.462 e. The van der Waals surface area contributed by atoms with Gasteiger partial charge in [0.1, 0.15) is 13.2 Å². The number of carbonyl (C=O) groups excluding carboxylic acids is 3. The number of esters is 3. The minimum absolute atomic E-state index is 0.0936. The topological polar surface area (TPSA) is 78.9 Å². The molecule has 1 atom stereocenters. The first-order valence-corrected chi connectivity index (χ1v) is 34.9. The molecule has 0 aromatic carbocycles. The third-order valence-electron chi connectivity index (χ3n) is 15.0. The summed E-state index contributed by atoms with van der Waals surface area (Å²) in [7, 11) is 0. The monoisotopic (exact) mass is 1140 g/mol. The van der Waals surface area contributed by atoms with Crippen LogP contribution in [0.25, 0.3) is 0 Å². The molecule has 0 radical (unpaired) electrons. The van der Waals surface area contributed by atoms with Crippen molar-refractivity contribution in [3.8, 4) is 0 Å². The molecule has 0 aliphatic heterocycles. The molecule has 82 heavy (non-hydrogen) atoms. The van der Waals surface area contributed by atoms with E-state index in [0.717, 1.165) is 103 Å². The fraction of sp³-hybridized carbons (Fsp3) is 0.724. The van der Waals surface area contributed by atoms with E-state index in [1.807, 2.05) is 0 Å². The van der Waals surface area contributed by atoms with Gasteiger partial charge in [0, 0.05) is 19.3 Å². The predicted octanol–water partition coefficient (Wildman–Crippen LogP) is 24.2. The van der Waals surface area contributed by atoms with Gasteiger partial charge in [-0.2, -0.15) is 0 Å². The predicted molar refractivity (Wildman–Crippen MR) is 357 cm³/mol. The second-order valence-corrected chi connectivity index (χ2v) is 23.1. The van der Waals surface area contributed by atoms with Crippen LogP contribution in [-0.2, 0) is 28.6 Å². The number of ether oxygens (including phenoxy) is 3.